The number of hydrogen-bond donors (Lipinski definition) is 0. The van der Waals surface area contributed by atoms with Crippen molar-refractivity contribution in [3.05, 3.63) is 10.7 Å². The Morgan fingerprint density at radius 3 is 2.73 bits per heavy atom. The van der Waals surface area contributed by atoms with Crippen LogP contribution in [0.5, 0.6) is 0 Å². The lowest BCUT2D eigenvalue weighted by Crippen LogP contribution is -1.95. The van der Waals surface area contributed by atoms with E-state index in [4.69, 9.17) is 4.42 Å². The van der Waals surface area contributed by atoms with E-state index >= 15 is 0 Å². The summed E-state index contributed by atoms with van der Waals surface area (Å²) in [5.74, 6) is 1.98. The Bertz CT molecular complexity index is 257. The summed E-state index contributed by atoms with van der Waals surface area (Å²) >= 11 is 3.13. The van der Waals surface area contributed by atoms with E-state index < -0.39 is 0 Å². The molecule has 0 amide bonds. The molecule has 0 bridgehead atoms. The Morgan fingerprint density at radius 1 is 1.55 bits per heavy atom. The van der Waals surface area contributed by atoms with Gasteiger partial charge < -0.3 is 4.42 Å². The fourth-order valence-electron chi connectivity index (χ4n) is 1.20. The van der Waals surface area contributed by atoms with Crippen LogP contribution in [0.3, 0.4) is 0 Å². The zero-order valence-electron chi connectivity index (χ0n) is 6.25. The van der Waals surface area contributed by atoms with Crippen molar-refractivity contribution >= 4 is 15.9 Å². The molecule has 1 aromatic heterocycles. The van der Waals surface area contributed by atoms with E-state index in [0.29, 0.717) is 10.7 Å². The molecule has 0 aromatic carbocycles. The van der Waals surface area contributed by atoms with E-state index in [1.807, 2.05) is 0 Å². The first-order chi connectivity index (χ1) is 5.27. The van der Waals surface area contributed by atoms with Crippen molar-refractivity contribution in [1.29, 1.82) is 0 Å². The molecule has 1 aromatic rings. The summed E-state index contributed by atoms with van der Waals surface area (Å²) in [5, 5.41) is 7.66. The van der Waals surface area contributed by atoms with Gasteiger partial charge in [-0.25, -0.2) is 0 Å². The van der Waals surface area contributed by atoms with Crippen molar-refractivity contribution in [3.8, 4) is 0 Å². The second-order valence-corrected chi connectivity index (χ2v) is 3.70. The van der Waals surface area contributed by atoms with Crippen LogP contribution in [0.2, 0.25) is 0 Å². The number of rotatable bonds is 2. The molecule has 0 spiro atoms. The molecule has 3 nitrogen and oxygen atoms in total. The van der Waals surface area contributed by atoms with Gasteiger partial charge in [0.2, 0.25) is 5.89 Å². The highest BCUT2D eigenvalue weighted by atomic mass is 79.9. The lowest BCUT2D eigenvalue weighted by molar-refractivity contribution is 0.422. The van der Waals surface area contributed by atoms with Crippen LogP contribution in [0.25, 0.3) is 0 Å². The molecule has 11 heavy (non-hydrogen) atoms. The second-order valence-electron chi connectivity index (χ2n) is 3.02. The first-order valence-corrected chi connectivity index (χ1v) is 4.55. The zero-order valence-corrected chi connectivity index (χ0v) is 7.84. The molecule has 2 rings (SSSR count). The molecule has 4 heteroatoms. The zero-order chi connectivity index (χ0) is 7.84. The van der Waals surface area contributed by atoms with Gasteiger partial charge in [-0.3, -0.25) is 0 Å². The minimum atomic E-state index is 0.439. The highest BCUT2D eigenvalue weighted by Crippen LogP contribution is 2.41. The minimum absolute atomic E-state index is 0.439. The van der Waals surface area contributed by atoms with E-state index in [-0.39, 0.29) is 0 Å². The summed E-state index contributed by atoms with van der Waals surface area (Å²) < 4.78 is 5.24. The van der Waals surface area contributed by atoms with E-state index in [9.17, 15) is 0 Å². The van der Waals surface area contributed by atoms with Gasteiger partial charge in [-0.05, 0) is 18.8 Å². The van der Waals surface area contributed by atoms with Crippen LogP contribution in [0.15, 0.2) is 9.22 Å². The lowest BCUT2D eigenvalue weighted by atomic mass is 10.1. The van der Waals surface area contributed by atoms with Crippen LogP contribution in [0.4, 0.5) is 0 Å². The van der Waals surface area contributed by atoms with Gasteiger partial charge in [0.1, 0.15) is 0 Å². The van der Waals surface area contributed by atoms with Gasteiger partial charge in [0.05, 0.1) is 0 Å². The molecule has 1 atom stereocenters. The van der Waals surface area contributed by atoms with E-state index in [1.165, 1.54) is 12.8 Å². The third kappa shape index (κ3) is 1.45. The number of halogens is 1. The van der Waals surface area contributed by atoms with Gasteiger partial charge in [0.15, 0.2) is 0 Å². The normalized spacial score (nSPS) is 20.2. The standard InChI is InChI=1S/C7H9BrN2O/c1-4(5-2-3-5)6-9-10-7(8)11-6/h4-5H,2-3H2,1H3. The Labute approximate surface area is 73.3 Å². The van der Waals surface area contributed by atoms with Crippen molar-refractivity contribution in [2.75, 3.05) is 0 Å². The lowest BCUT2D eigenvalue weighted by Gasteiger charge is -2.00. The van der Waals surface area contributed by atoms with Crippen LogP contribution in [-0.2, 0) is 0 Å². The maximum Gasteiger partial charge on any atom is 0.284 e. The largest absolute Gasteiger partial charge is 0.415 e. The average molecular weight is 217 g/mol. The maximum atomic E-state index is 5.24. The predicted octanol–water partition coefficient (Wildman–Crippen LogP) is 2.35. The summed E-state index contributed by atoms with van der Waals surface area (Å²) in [4.78, 5) is 0.486. The monoisotopic (exact) mass is 216 g/mol. The first-order valence-electron chi connectivity index (χ1n) is 3.76. The summed E-state index contributed by atoms with van der Waals surface area (Å²) in [5.41, 5.74) is 0. The molecule has 1 heterocycles. The third-order valence-corrected chi connectivity index (χ3v) is 2.46. The Hall–Kier alpha value is -0.380. The summed E-state index contributed by atoms with van der Waals surface area (Å²) in [6.07, 6.45) is 2.61. The first kappa shape index (κ1) is 7.28. The third-order valence-electron chi connectivity index (χ3n) is 2.13. The molecular formula is C7H9BrN2O. The molecule has 60 valence electrons. The van der Waals surface area contributed by atoms with Crippen LogP contribution in [0.1, 0.15) is 31.6 Å². The minimum Gasteiger partial charge on any atom is -0.415 e. The van der Waals surface area contributed by atoms with Gasteiger partial charge in [0.25, 0.3) is 4.80 Å². The molecule has 1 saturated carbocycles. The topological polar surface area (TPSA) is 38.9 Å². The molecule has 0 radical (unpaired) electrons. The van der Waals surface area contributed by atoms with Crippen LogP contribution >= 0.6 is 15.9 Å². The highest BCUT2D eigenvalue weighted by Gasteiger charge is 2.32. The average Bonchev–Trinajstić information content (AvgIpc) is 2.74. The Morgan fingerprint density at radius 2 is 2.27 bits per heavy atom. The smallest absolute Gasteiger partial charge is 0.284 e. The molecule has 1 unspecified atom stereocenters. The quantitative estimate of drug-likeness (QED) is 0.763. The molecule has 1 aliphatic rings. The van der Waals surface area contributed by atoms with Crippen LogP contribution in [-0.4, -0.2) is 10.2 Å². The second kappa shape index (κ2) is 2.59. The fraction of sp³-hybridized carbons (Fsp3) is 0.714. The molecule has 0 saturated heterocycles. The SMILES string of the molecule is CC(c1nnc(Br)o1)C1CC1. The van der Waals surface area contributed by atoms with Crippen molar-refractivity contribution < 1.29 is 4.42 Å². The van der Waals surface area contributed by atoms with E-state index in [0.717, 1.165) is 11.8 Å². The van der Waals surface area contributed by atoms with Crippen molar-refractivity contribution in [2.45, 2.75) is 25.7 Å². The summed E-state index contributed by atoms with van der Waals surface area (Å²) in [7, 11) is 0. The van der Waals surface area contributed by atoms with Crippen molar-refractivity contribution in [1.82, 2.24) is 10.2 Å². The number of aromatic nitrogens is 2. The van der Waals surface area contributed by atoms with E-state index in [2.05, 4.69) is 33.1 Å². The maximum absolute atomic E-state index is 5.24. The molecule has 0 N–H and O–H groups in total. The van der Waals surface area contributed by atoms with Gasteiger partial charge in [-0.2, -0.15) is 0 Å². The van der Waals surface area contributed by atoms with E-state index in [1.54, 1.807) is 0 Å². The summed E-state index contributed by atoms with van der Waals surface area (Å²) in [6.45, 7) is 2.14. The number of nitrogens with zero attached hydrogens (tertiary/aromatic N) is 2. The number of hydrogen-bond acceptors (Lipinski definition) is 3. The Kier molecular flexibility index (Phi) is 1.71. The molecule has 1 fully saturated rings. The fourth-order valence-corrected chi connectivity index (χ4v) is 1.44. The van der Waals surface area contributed by atoms with Gasteiger partial charge in [-0.15, -0.1) is 10.2 Å². The predicted molar refractivity (Wildman–Crippen MR) is 43.1 cm³/mol. The molecule has 1 aliphatic carbocycles. The summed E-state index contributed by atoms with van der Waals surface area (Å²) in [6, 6.07) is 0. The van der Waals surface area contributed by atoms with Gasteiger partial charge in [-0.1, -0.05) is 6.92 Å². The van der Waals surface area contributed by atoms with Crippen LogP contribution < -0.4 is 0 Å². The van der Waals surface area contributed by atoms with Crippen molar-refractivity contribution in [3.63, 3.8) is 0 Å². The highest BCUT2D eigenvalue weighted by molar-refractivity contribution is 9.10. The molecular weight excluding hydrogens is 208 g/mol. The van der Waals surface area contributed by atoms with Crippen molar-refractivity contribution in [2.24, 2.45) is 5.92 Å². The van der Waals surface area contributed by atoms with Gasteiger partial charge in [0, 0.05) is 21.8 Å². The molecule has 0 aliphatic heterocycles. The van der Waals surface area contributed by atoms with Crippen LogP contribution in [0, 0.1) is 5.92 Å². The Balaban J connectivity index is 2.14. The van der Waals surface area contributed by atoms with Gasteiger partial charge >= 0.3 is 0 Å².